The fourth-order valence-corrected chi connectivity index (χ4v) is 4.24. The Bertz CT molecular complexity index is 1430. The number of rotatable bonds is 6. The van der Waals surface area contributed by atoms with E-state index in [0.29, 0.717) is 10.8 Å². The van der Waals surface area contributed by atoms with Crippen LogP contribution in [0.25, 0.3) is 22.2 Å². The maximum Gasteiger partial charge on any atom is 0.272 e. The molecule has 4 rings (SSSR count). The summed E-state index contributed by atoms with van der Waals surface area (Å²) >= 11 is 25.5. The van der Waals surface area contributed by atoms with Gasteiger partial charge in [-0.05, 0) is 29.7 Å². The maximum atomic E-state index is 13.4. The summed E-state index contributed by atoms with van der Waals surface area (Å²) < 4.78 is 1.30. The van der Waals surface area contributed by atoms with Crippen LogP contribution in [0.3, 0.4) is 0 Å². The largest absolute Gasteiger partial charge is 0.470 e. The van der Waals surface area contributed by atoms with E-state index in [2.05, 4.69) is 26.2 Å². The van der Waals surface area contributed by atoms with E-state index in [1.54, 1.807) is 42.5 Å². The standard InChI is InChI=1S/C22H14Cl4N5O3.Y/c1-34-30-29-21(32)13-9-11-5-2-3-6-12(11)17(25)18(13)28-22(33)16-10-15(24)19(26)31(16)20-14(23)7-4-8-27-20;/h2-10H,1H3,(H2,28,29,32,33);/q-1;. The van der Waals surface area contributed by atoms with Gasteiger partial charge in [-0.25, -0.2) is 4.98 Å². The van der Waals surface area contributed by atoms with Crippen molar-refractivity contribution >= 4 is 74.7 Å². The average Bonchev–Trinajstić information content (AvgIpc) is 3.13. The number of benzene rings is 2. The molecule has 35 heavy (non-hydrogen) atoms. The van der Waals surface area contributed by atoms with Crippen LogP contribution in [0.15, 0.2) is 54.7 Å². The van der Waals surface area contributed by atoms with Crippen LogP contribution < -0.4 is 10.7 Å². The molecule has 0 fully saturated rings. The zero-order valence-corrected chi connectivity index (χ0v) is 23.7. The van der Waals surface area contributed by atoms with Gasteiger partial charge in [0.1, 0.15) is 10.8 Å². The summed E-state index contributed by atoms with van der Waals surface area (Å²) in [5.41, 5.74) is 5.77. The number of halogens is 4. The maximum absolute atomic E-state index is 13.4. The second kappa shape index (κ2) is 12.0. The molecule has 2 amide bonds. The minimum absolute atomic E-state index is 0. The van der Waals surface area contributed by atoms with Crippen molar-refractivity contribution in [1.82, 2.24) is 15.0 Å². The molecule has 0 saturated heterocycles. The van der Waals surface area contributed by atoms with Crippen molar-refractivity contribution in [3.05, 3.63) is 91.8 Å². The Hall–Kier alpha value is -1.75. The Kier molecular flexibility index (Phi) is 9.54. The van der Waals surface area contributed by atoms with Crippen molar-refractivity contribution in [3.8, 4) is 5.82 Å². The number of pyridine rings is 1. The van der Waals surface area contributed by atoms with E-state index in [-0.39, 0.29) is 75.7 Å². The van der Waals surface area contributed by atoms with Gasteiger partial charge in [0, 0.05) is 51.4 Å². The summed E-state index contributed by atoms with van der Waals surface area (Å²) in [6, 6.07) is 13.3. The topological polar surface area (TPSA) is 99.4 Å². The van der Waals surface area contributed by atoms with Gasteiger partial charge in [0.2, 0.25) is 5.91 Å². The summed E-state index contributed by atoms with van der Waals surface area (Å²) in [4.78, 5) is 34.9. The van der Waals surface area contributed by atoms with Gasteiger partial charge in [0.05, 0.1) is 26.3 Å². The van der Waals surface area contributed by atoms with E-state index in [9.17, 15) is 9.59 Å². The van der Waals surface area contributed by atoms with Gasteiger partial charge >= 0.3 is 0 Å². The van der Waals surface area contributed by atoms with E-state index in [1.165, 1.54) is 23.9 Å². The fourth-order valence-electron chi connectivity index (χ4n) is 3.30. The molecule has 0 unspecified atom stereocenters. The van der Waals surface area contributed by atoms with Crippen LogP contribution in [0.2, 0.25) is 20.2 Å². The molecule has 13 heteroatoms. The molecule has 0 aliphatic rings. The Morgan fingerprint density at radius 3 is 2.46 bits per heavy atom. The number of hydrogen-bond donors (Lipinski definition) is 2. The fraction of sp³-hybridized carbons (Fsp3) is 0.0455. The Labute approximate surface area is 245 Å². The SMILES string of the molecule is CO[N-]NC(=O)c1cc2ccccc2c(Cl)c1NC(=O)c1cc(Cl)c(Cl)n1-c1ncccc1Cl.[Y]. The molecule has 0 spiro atoms. The predicted octanol–water partition coefficient (Wildman–Crippen LogP) is 6.47. The molecule has 8 nitrogen and oxygen atoms in total. The first-order valence-corrected chi connectivity index (χ1v) is 11.1. The molecule has 0 aliphatic heterocycles. The molecule has 2 aromatic carbocycles. The van der Waals surface area contributed by atoms with Gasteiger partial charge in [0.25, 0.3) is 5.91 Å². The van der Waals surface area contributed by atoms with Gasteiger partial charge in [-0.3, -0.25) is 14.2 Å². The Morgan fingerprint density at radius 1 is 1.00 bits per heavy atom. The average molecular weight is 627 g/mol. The number of nitrogens with zero attached hydrogens (tertiary/aromatic N) is 3. The van der Waals surface area contributed by atoms with E-state index in [1.807, 2.05) is 0 Å². The predicted molar refractivity (Wildman–Crippen MR) is 133 cm³/mol. The second-order valence-electron chi connectivity index (χ2n) is 6.82. The van der Waals surface area contributed by atoms with Gasteiger partial charge in [-0.15, -0.1) is 0 Å². The molecular weight excluding hydrogens is 613 g/mol. The second-order valence-corrected chi connectivity index (χ2v) is 8.37. The summed E-state index contributed by atoms with van der Waals surface area (Å²) in [5.74, 6) is -1.11. The van der Waals surface area contributed by atoms with Crippen molar-refractivity contribution in [3.63, 3.8) is 0 Å². The zero-order chi connectivity index (χ0) is 24.4. The van der Waals surface area contributed by atoms with E-state index in [4.69, 9.17) is 46.4 Å². The summed E-state index contributed by atoms with van der Waals surface area (Å²) in [5, 5.41) is 4.54. The van der Waals surface area contributed by atoms with E-state index in [0.717, 1.165) is 0 Å². The first-order chi connectivity index (χ1) is 16.3. The van der Waals surface area contributed by atoms with Gasteiger partial charge < -0.3 is 21.2 Å². The molecule has 2 aromatic heterocycles. The number of hydrogen-bond acceptors (Lipinski definition) is 4. The van der Waals surface area contributed by atoms with Crippen molar-refractivity contribution in [2.45, 2.75) is 0 Å². The van der Waals surface area contributed by atoms with Gasteiger partial charge in [-0.1, -0.05) is 70.7 Å². The van der Waals surface area contributed by atoms with E-state index < -0.39 is 11.8 Å². The molecule has 2 heterocycles. The number of nitrogens with one attached hydrogen (secondary N) is 2. The third-order valence-electron chi connectivity index (χ3n) is 4.79. The molecule has 0 aliphatic carbocycles. The summed E-state index contributed by atoms with van der Waals surface area (Å²) in [7, 11) is 1.28. The molecule has 0 atom stereocenters. The van der Waals surface area contributed by atoms with Crippen molar-refractivity contribution < 1.29 is 47.1 Å². The van der Waals surface area contributed by atoms with Crippen LogP contribution in [0.4, 0.5) is 5.69 Å². The minimum atomic E-state index is -0.662. The summed E-state index contributed by atoms with van der Waals surface area (Å²) in [6.45, 7) is 0. The smallest absolute Gasteiger partial charge is 0.272 e. The summed E-state index contributed by atoms with van der Waals surface area (Å²) in [6.07, 6.45) is 1.50. The first kappa shape index (κ1) is 27.8. The molecule has 0 bridgehead atoms. The number of anilines is 1. The van der Waals surface area contributed by atoms with Crippen LogP contribution in [0.1, 0.15) is 20.8 Å². The van der Waals surface area contributed by atoms with E-state index >= 15 is 0 Å². The monoisotopic (exact) mass is 625 g/mol. The third-order valence-corrected chi connectivity index (χ3v) is 6.23. The molecular formula is C22H14Cl4N5O3Y-. The number of aromatic nitrogens is 2. The van der Waals surface area contributed by atoms with Crippen molar-refractivity contribution in [1.29, 1.82) is 0 Å². The van der Waals surface area contributed by atoms with Crippen LogP contribution in [-0.2, 0) is 37.5 Å². The van der Waals surface area contributed by atoms with Crippen LogP contribution in [0, 0.1) is 0 Å². The van der Waals surface area contributed by atoms with Crippen molar-refractivity contribution in [2.24, 2.45) is 0 Å². The van der Waals surface area contributed by atoms with Crippen molar-refractivity contribution in [2.75, 3.05) is 12.4 Å². The quantitative estimate of drug-likeness (QED) is 0.240. The van der Waals surface area contributed by atoms with Gasteiger partial charge in [0.15, 0.2) is 5.82 Å². The number of amides is 2. The number of fused-ring (bicyclic) bond motifs is 1. The number of carbonyl (C=O) groups excluding carboxylic acids is 2. The number of carbonyl (C=O) groups is 2. The van der Waals surface area contributed by atoms with Crippen LogP contribution >= 0.6 is 46.4 Å². The first-order valence-electron chi connectivity index (χ1n) is 9.57. The third kappa shape index (κ3) is 5.65. The molecule has 4 aromatic rings. The van der Waals surface area contributed by atoms with Crippen LogP contribution in [0.5, 0.6) is 0 Å². The normalized spacial score (nSPS) is 10.7. The Balaban J connectivity index is 0.00000342. The minimum Gasteiger partial charge on any atom is -0.470 e. The molecule has 2 N–H and O–H groups in total. The molecule has 1 radical (unpaired) electrons. The molecule has 177 valence electrons. The Morgan fingerprint density at radius 2 is 1.74 bits per heavy atom. The van der Waals surface area contributed by atoms with Crippen LogP contribution in [-0.4, -0.2) is 28.5 Å². The molecule has 0 saturated carbocycles. The zero-order valence-electron chi connectivity index (χ0n) is 17.9. The van der Waals surface area contributed by atoms with Gasteiger partial charge in [-0.2, -0.15) is 0 Å².